The number of benzene rings is 1. The third kappa shape index (κ3) is 3.06. The van der Waals surface area contributed by atoms with Gasteiger partial charge in [-0.1, -0.05) is 35.6 Å². The van der Waals surface area contributed by atoms with Gasteiger partial charge in [0, 0.05) is 16.5 Å². The largest absolute Gasteiger partial charge is 0.478 e. The summed E-state index contributed by atoms with van der Waals surface area (Å²) in [5, 5.41) is 18.7. The summed E-state index contributed by atoms with van der Waals surface area (Å²) < 4.78 is 0.631. The Labute approximate surface area is 139 Å². The zero-order chi connectivity index (χ0) is 15.5. The van der Waals surface area contributed by atoms with Gasteiger partial charge < -0.3 is 5.11 Å². The number of H-pyrrole nitrogens is 1. The Bertz CT molecular complexity index is 905. The highest BCUT2D eigenvalue weighted by Crippen LogP contribution is 2.39. The number of aromatic amines is 1. The molecule has 0 radical (unpaired) electrons. The van der Waals surface area contributed by atoms with Gasteiger partial charge >= 0.3 is 5.97 Å². The molecule has 110 valence electrons. The van der Waals surface area contributed by atoms with Crippen LogP contribution in [0.3, 0.4) is 0 Å². The summed E-state index contributed by atoms with van der Waals surface area (Å²) >= 11 is 8.10. The molecule has 2 heterocycles. The quantitative estimate of drug-likeness (QED) is 0.531. The van der Waals surface area contributed by atoms with Gasteiger partial charge in [-0.3, -0.25) is 5.10 Å². The van der Waals surface area contributed by atoms with Crippen molar-refractivity contribution in [3.63, 3.8) is 0 Å². The Hall–Kier alpha value is -2.09. The second-order valence-electron chi connectivity index (χ2n) is 4.34. The number of nitrogens with zero attached hydrogens (tertiary/aromatic N) is 1. The minimum absolute atomic E-state index is 0.631. The lowest BCUT2D eigenvalue weighted by atomic mass is 10.0. The molecular weight excluding hydrogens is 336 g/mol. The molecule has 0 saturated heterocycles. The number of rotatable bonds is 4. The van der Waals surface area contributed by atoms with Crippen LogP contribution in [0.15, 0.2) is 41.8 Å². The SMILES string of the molecule is O=C(O)C=Cc1ccccc1-c1sccc1-c1n[nH]c(=S)s1. The highest BCUT2D eigenvalue weighted by molar-refractivity contribution is 7.73. The van der Waals surface area contributed by atoms with Crippen LogP contribution in [0.4, 0.5) is 0 Å². The number of carboxylic acids is 1. The maximum Gasteiger partial charge on any atom is 0.328 e. The second kappa shape index (κ2) is 6.35. The van der Waals surface area contributed by atoms with Gasteiger partial charge in [0.05, 0.1) is 0 Å². The van der Waals surface area contributed by atoms with Gasteiger partial charge in [-0.05, 0) is 40.9 Å². The van der Waals surface area contributed by atoms with Gasteiger partial charge in [0.1, 0.15) is 5.01 Å². The summed E-state index contributed by atoms with van der Waals surface area (Å²) in [5.74, 6) is -0.966. The van der Waals surface area contributed by atoms with Crippen LogP contribution >= 0.6 is 34.9 Å². The molecule has 0 aliphatic heterocycles. The van der Waals surface area contributed by atoms with Crippen molar-refractivity contribution in [1.29, 1.82) is 0 Å². The standard InChI is InChI=1S/C15H10N2O2S3/c18-12(19)6-5-9-3-1-2-4-10(9)13-11(7-8-21-13)14-16-17-15(20)22-14/h1-8H,(H,17,20)(H,18,19). The van der Waals surface area contributed by atoms with E-state index in [1.807, 2.05) is 35.7 Å². The number of thiophene rings is 1. The van der Waals surface area contributed by atoms with Crippen LogP contribution in [-0.2, 0) is 4.79 Å². The van der Waals surface area contributed by atoms with Gasteiger partial charge in [-0.2, -0.15) is 5.10 Å². The maximum atomic E-state index is 10.8. The average Bonchev–Trinajstić information content (AvgIpc) is 3.13. The lowest BCUT2D eigenvalue weighted by Gasteiger charge is -2.05. The van der Waals surface area contributed by atoms with Crippen molar-refractivity contribution in [3.05, 3.63) is 51.3 Å². The third-order valence-electron chi connectivity index (χ3n) is 2.94. The van der Waals surface area contributed by atoms with E-state index in [2.05, 4.69) is 10.2 Å². The molecule has 22 heavy (non-hydrogen) atoms. The normalized spacial score (nSPS) is 11.1. The molecule has 0 spiro atoms. The monoisotopic (exact) mass is 346 g/mol. The molecule has 3 rings (SSSR count). The maximum absolute atomic E-state index is 10.8. The van der Waals surface area contributed by atoms with Gasteiger partial charge in [-0.15, -0.1) is 11.3 Å². The first kappa shape index (κ1) is 14.8. The fourth-order valence-electron chi connectivity index (χ4n) is 2.04. The molecule has 0 unspecified atom stereocenters. The van der Waals surface area contributed by atoms with Crippen molar-refractivity contribution < 1.29 is 9.90 Å². The Kier molecular flexibility index (Phi) is 4.28. The van der Waals surface area contributed by atoms with Crippen LogP contribution in [0.5, 0.6) is 0 Å². The number of aliphatic carboxylic acids is 1. The number of aromatic nitrogens is 2. The van der Waals surface area contributed by atoms with Crippen molar-refractivity contribution in [2.24, 2.45) is 0 Å². The topological polar surface area (TPSA) is 66.0 Å². The molecule has 7 heteroatoms. The van der Waals surface area contributed by atoms with E-state index >= 15 is 0 Å². The zero-order valence-electron chi connectivity index (χ0n) is 11.1. The van der Waals surface area contributed by atoms with E-state index < -0.39 is 5.97 Å². The van der Waals surface area contributed by atoms with E-state index in [0.717, 1.165) is 32.7 Å². The number of hydrogen-bond acceptors (Lipinski definition) is 5. The van der Waals surface area contributed by atoms with Gasteiger partial charge in [0.25, 0.3) is 0 Å². The molecule has 2 aromatic heterocycles. The fourth-order valence-corrected chi connectivity index (χ4v) is 3.97. The van der Waals surface area contributed by atoms with E-state index in [-0.39, 0.29) is 0 Å². The predicted molar refractivity (Wildman–Crippen MR) is 92.7 cm³/mol. The molecule has 1 aromatic carbocycles. The Morgan fingerprint density at radius 3 is 2.82 bits per heavy atom. The smallest absolute Gasteiger partial charge is 0.328 e. The Morgan fingerprint density at radius 2 is 2.09 bits per heavy atom. The van der Waals surface area contributed by atoms with Crippen molar-refractivity contribution in [2.75, 3.05) is 0 Å². The summed E-state index contributed by atoms with van der Waals surface area (Å²) in [4.78, 5) is 11.8. The van der Waals surface area contributed by atoms with Gasteiger partial charge in [0.2, 0.25) is 0 Å². The van der Waals surface area contributed by atoms with Gasteiger partial charge in [-0.25, -0.2) is 4.79 Å². The van der Waals surface area contributed by atoms with Crippen molar-refractivity contribution in [2.45, 2.75) is 0 Å². The van der Waals surface area contributed by atoms with E-state index in [1.165, 1.54) is 11.3 Å². The van der Waals surface area contributed by atoms with Crippen LogP contribution in [0.2, 0.25) is 0 Å². The number of hydrogen-bond donors (Lipinski definition) is 2. The van der Waals surface area contributed by atoms with Crippen molar-refractivity contribution >= 4 is 46.9 Å². The Morgan fingerprint density at radius 1 is 1.27 bits per heavy atom. The Balaban J connectivity index is 2.12. The first-order valence-corrected chi connectivity index (χ1v) is 8.39. The summed E-state index contributed by atoms with van der Waals surface area (Å²) in [6.45, 7) is 0. The van der Waals surface area contributed by atoms with Gasteiger partial charge in [0.15, 0.2) is 3.95 Å². The summed E-state index contributed by atoms with van der Waals surface area (Å²) in [7, 11) is 0. The molecule has 0 aliphatic rings. The second-order valence-corrected chi connectivity index (χ2v) is 6.92. The summed E-state index contributed by atoms with van der Waals surface area (Å²) in [5.41, 5.74) is 2.83. The number of carbonyl (C=O) groups is 1. The summed E-state index contributed by atoms with van der Waals surface area (Å²) in [6, 6.07) is 9.69. The van der Waals surface area contributed by atoms with Crippen molar-refractivity contribution in [1.82, 2.24) is 10.2 Å². The van der Waals surface area contributed by atoms with E-state index in [0.29, 0.717) is 3.95 Å². The first-order valence-electron chi connectivity index (χ1n) is 6.29. The van der Waals surface area contributed by atoms with Crippen LogP contribution in [-0.4, -0.2) is 21.3 Å². The molecule has 3 aromatic rings. The highest BCUT2D eigenvalue weighted by Gasteiger charge is 2.14. The van der Waals surface area contributed by atoms with E-state index in [4.69, 9.17) is 17.3 Å². The summed E-state index contributed by atoms with van der Waals surface area (Å²) in [6.07, 6.45) is 2.75. The number of carboxylic acid groups (broad SMARTS) is 1. The first-order chi connectivity index (χ1) is 10.6. The lowest BCUT2D eigenvalue weighted by Crippen LogP contribution is -1.87. The zero-order valence-corrected chi connectivity index (χ0v) is 13.6. The molecule has 0 atom stereocenters. The van der Waals surface area contributed by atoms with Crippen LogP contribution in [0.25, 0.3) is 27.1 Å². The predicted octanol–water partition coefficient (Wildman–Crippen LogP) is 4.69. The molecule has 0 saturated carbocycles. The van der Waals surface area contributed by atoms with Crippen LogP contribution in [0.1, 0.15) is 5.56 Å². The molecule has 0 bridgehead atoms. The molecule has 4 nitrogen and oxygen atoms in total. The lowest BCUT2D eigenvalue weighted by molar-refractivity contribution is -0.131. The molecule has 0 fully saturated rings. The molecule has 0 amide bonds. The number of nitrogens with one attached hydrogen (secondary N) is 1. The van der Waals surface area contributed by atoms with Crippen LogP contribution in [0, 0.1) is 3.95 Å². The fraction of sp³-hybridized carbons (Fsp3) is 0. The van der Waals surface area contributed by atoms with E-state index in [1.54, 1.807) is 17.4 Å². The van der Waals surface area contributed by atoms with Crippen LogP contribution < -0.4 is 0 Å². The van der Waals surface area contributed by atoms with Crippen molar-refractivity contribution in [3.8, 4) is 21.0 Å². The minimum atomic E-state index is -0.966. The molecule has 2 N–H and O–H groups in total. The van der Waals surface area contributed by atoms with E-state index in [9.17, 15) is 4.79 Å². The molecular formula is C15H10N2O2S3. The average molecular weight is 346 g/mol. The minimum Gasteiger partial charge on any atom is -0.478 e. The highest BCUT2D eigenvalue weighted by atomic mass is 32.1. The molecule has 0 aliphatic carbocycles. The third-order valence-corrected chi connectivity index (χ3v) is 5.01.